The number of carbonyl (C=O) groups is 1. The highest BCUT2D eigenvalue weighted by Gasteiger charge is 2.29. The molecule has 1 amide bonds. The van der Waals surface area contributed by atoms with E-state index in [4.69, 9.17) is 9.47 Å². The molecule has 1 aliphatic heterocycles. The van der Waals surface area contributed by atoms with Gasteiger partial charge in [0, 0.05) is 6.54 Å². The first-order chi connectivity index (χ1) is 9.02. The molecule has 0 aromatic carbocycles. The Balaban J connectivity index is 0.00000154. The van der Waals surface area contributed by atoms with Crippen molar-refractivity contribution in [1.29, 1.82) is 0 Å². The number of alkyl carbamates (subject to hydrolysis) is 1. The van der Waals surface area contributed by atoms with Gasteiger partial charge >= 0.3 is 6.09 Å². The van der Waals surface area contributed by atoms with Crippen LogP contribution in [0.3, 0.4) is 0 Å². The van der Waals surface area contributed by atoms with E-state index in [1.165, 1.54) is 0 Å². The average Bonchev–Trinajstić information content (AvgIpc) is 2.38. The standard InChI is InChI=1S/C13H25NO3.C2H6/c1-5-16-13(15)14-8-12-7-11(9(2)3)6-10(4)17-12;1-2/h9-12H,5-8H2,1-4H3,(H,14,15);1-2H3. The van der Waals surface area contributed by atoms with Gasteiger partial charge in [0.25, 0.3) is 0 Å². The van der Waals surface area contributed by atoms with Crippen LogP contribution in [0.15, 0.2) is 0 Å². The van der Waals surface area contributed by atoms with Gasteiger partial charge in [-0.2, -0.15) is 0 Å². The van der Waals surface area contributed by atoms with Gasteiger partial charge in [-0.1, -0.05) is 27.7 Å². The summed E-state index contributed by atoms with van der Waals surface area (Å²) >= 11 is 0. The summed E-state index contributed by atoms with van der Waals surface area (Å²) in [6, 6.07) is 0. The van der Waals surface area contributed by atoms with Crippen LogP contribution in [0.5, 0.6) is 0 Å². The van der Waals surface area contributed by atoms with Gasteiger partial charge in [-0.3, -0.25) is 0 Å². The second kappa shape index (κ2) is 10.1. The molecule has 1 N–H and O–H groups in total. The van der Waals surface area contributed by atoms with Gasteiger partial charge in [-0.05, 0) is 38.5 Å². The zero-order valence-corrected chi connectivity index (χ0v) is 13.4. The van der Waals surface area contributed by atoms with E-state index in [2.05, 4.69) is 26.1 Å². The molecule has 3 atom stereocenters. The quantitative estimate of drug-likeness (QED) is 0.851. The molecule has 0 aromatic rings. The highest BCUT2D eigenvalue weighted by Crippen LogP contribution is 2.30. The fraction of sp³-hybridized carbons (Fsp3) is 0.933. The van der Waals surface area contributed by atoms with Crippen molar-refractivity contribution in [2.75, 3.05) is 13.2 Å². The Morgan fingerprint density at radius 1 is 1.37 bits per heavy atom. The molecule has 114 valence electrons. The van der Waals surface area contributed by atoms with E-state index < -0.39 is 0 Å². The van der Waals surface area contributed by atoms with E-state index in [1.807, 2.05) is 13.8 Å². The second-order valence-electron chi connectivity index (χ2n) is 5.15. The average molecular weight is 273 g/mol. The zero-order chi connectivity index (χ0) is 14.8. The van der Waals surface area contributed by atoms with Gasteiger partial charge in [0.1, 0.15) is 0 Å². The Morgan fingerprint density at radius 3 is 2.53 bits per heavy atom. The largest absolute Gasteiger partial charge is 0.450 e. The SMILES string of the molecule is CC.CCOC(=O)NCC1CC(C(C)C)CC(C)O1. The summed E-state index contributed by atoms with van der Waals surface area (Å²) < 4.78 is 10.7. The monoisotopic (exact) mass is 273 g/mol. The minimum atomic E-state index is -0.351. The highest BCUT2D eigenvalue weighted by atomic mass is 16.5. The van der Waals surface area contributed by atoms with Crippen LogP contribution in [0.25, 0.3) is 0 Å². The van der Waals surface area contributed by atoms with Gasteiger partial charge in [-0.25, -0.2) is 4.79 Å². The maximum atomic E-state index is 11.2. The minimum Gasteiger partial charge on any atom is -0.450 e. The molecule has 1 heterocycles. The Bertz CT molecular complexity index is 244. The first-order valence-electron chi connectivity index (χ1n) is 7.59. The van der Waals surface area contributed by atoms with Crippen LogP contribution in [-0.2, 0) is 9.47 Å². The van der Waals surface area contributed by atoms with E-state index in [-0.39, 0.29) is 18.3 Å². The third-order valence-corrected chi connectivity index (χ3v) is 3.32. The Hall–Kier alpha value is -0.770. The van der Waals surface area contributed by atoms with Gasteiger partial charge in [-0.15, -0.1) is 0 Å². The van der Waals surface area contributed by atoms with Crippen molar-refractivity contribution >= 4 is 6.09 Å². The molecular weight excluding hydrogens is 242 g/mol. The lowest BCUT2D eigenvalue weighted by molar-refractivity contribution is -0.0677. The van der Waals surface area contributed by atoms with Crippen LogP contribution in [0, 0.1) is 11.8 Å². The summed E-state index contributed by atoms with van der Waals surface area (Å²) in [7, 11) is 0. The smallest absolute Gasteiger partial charge is 0.407 e. The molecule has 1 fully saturated rings. The van der Waals surface area contributed by atoms with Crippen molar-refractivity contribution in [2.24, 2.45) is 11.8 Å². The molecule has 0 spiro atoms. The Labute approximate surface area is 118 Å². The number of ether oxygens (including phenoxy) is 2. The third kappa shape index (κ3) is 7.41. The van der Waals surface area contributed by atoms with Crippen LogP contribution >= 0.6 is 0 Å². The second-order valence-corrected chi connectivity index (χ2v) is 5.15. The number of amides is 1. The highest BCUT2D eigenvalue weighted by molar-refractivity contribution is 5.67. The molecule has 0 bridgehead atoms. The minimum absolute atomic E-state index is 0.121. The fourth-order valence-corrected chi connectivity index (χ4v) is 2.35. The predicted molar refractivity (Wildman–Crippen MR) is 78.3 cm³/mol. The molecule has 1 rings (SSSR count). The molecule has 0 aliphatic carbocycles. The van der Waals surface area contributed by atoms with E-state index in [1.54, 1.807) is 6.92 Å². The molecule has 0 saturated carbocycles. The maximum absolute atomic E-state index is 11.2. The molecule has 4 nitrogen and oxygen atoms in total. The lowest BCUT2D eigenvalue weighted by atomic mass is 9.83. The number of hydrogen-bond acceptors (Lipinski definition) is 3. The number of rotatable bonds is 4. The summed E-state index contributed by atoms with van der Waals surface area (Å²) in [5.41, 5.74) is 0. The lowest BCUT2D eigenvalue weighted by Gasteiger charge is -2.35. The summed E-state index contributed by atoms with van der Waals surface area (Å²) in [5, 5.41) is 2.75. The number of carbonyl (C=O) groups excluding carboxylic acids is 1. The van der Waals surface area contributed by atoms with E-state index in [9.17, 15) is 4.79 Å². The van der Waals surface area contributed by atoms with E-state index in [0.717, 1.165) is 12.8 Å². The van der Waals surface area contributed by atoms with E-state index >= 15 is 0 Å². The molecule has 1 aliphatic rings. The Morgan fingerprint density at radius 2 is 2.00 bits per heavy atom. The maximum Gasteiger partial charge on any atom is 0.407 e. The van der Waals surface area contributed by atoms with Gasteiger partial charge in [0.15, 0.2) is 0 Å². The normalized spacial score (nSPS) is 26.4. The fourth-order valence-electron chi connectivity index (χ4n) is 2.35. The molecular formula is C15H31NO3. The molecule has 1 saturated heterocycles. The first-order valence-corrected chi connectivity index (χ1v) is 7.59. The van der Waals surface area contributed by atoms with Gasteiger partial charge in [0.2, 0.25) is 0 Å². The molecule has 0 radical (unpaired) electrons. The van der Waals surface area contributed by atoms with Crippen molar-refractivity contribution in [1.82, 2.24) is 5.32 Å². The summed E-state index contributed by atoms with van der Waals surface area (Å²) in [5.74, 6) is 1.36. The molecule has 0 aromatic heterocycles. The van der Waals surface area contributed by atoms with Crippen molar-refractivity contribution in [3.8, 4) is 0 Å². The van der Waals surface area contributed by atoms with Crippen LogP contribution in [-0.4, -0.2) is 31.5 Å². The number of hydrogen-bond donors (Lipinski definition) is 1. The van der Waals surface area contributed by atoms with Gasteiger partial charge < -0.3 is 14.8 Å². The first kappa shape index (κ1) is 18.2. The molecule has 4 heteroatoms. The molecule has 19 heavy (non-hydrogen) atoms. The van der Waals surface area contributed by atoms with Crippen molar-refractivity contribution < 1.29 is 14.3 Å². The summed E-state index contributed by atoms with van der Waals surface area (Å²) in [6.45, 7) is 13.4. The van der Waals surface area contributed by atoms with Crippen LogP contribution < -0.4 is 5.32 Å². The lowest BCUT2D eigenvalue weighted by Crippen LogP contribution is -2.41. The number of nitrogens with one attached hydrogen (secondary N) is 1. The zero-order valence-electron chi connectivity index (χ0n) is 13.4. The van der Waals surface area contributed by atoms with Crippen LogP contribution in [0.2, 0.25) is 0 Å². The summed E-state index contributed by atoms with van der Waals surface area (Å²) in [6.07, 6.45) is 2.19. The molecule has 3 unspecified atom stereocenters. The van der Waals surface area contributed by atoms with Crippen LogP contribution in [0.1, 0.15) is 54.4 Å². The van der Waals surface area contributed by atoms with Crippen molar-refractivity contribution in [2.45, 2.75) is 66.6 Å². The Kier molecular flexibility index (Phi) is 9.66. The van der Waals surface area contributed by atoms with Crippen LogP contribution in [0.4, 0.5) is 4.79 Å². The predicted octanol–water partition coefficient (Wildman–Crippen LogP) is 3.60. The summed E-state index contributed by atoms with van der Waals surface area (Å²) in [4.78, 5) is 11.2. The van der Waals surface area contributed by atoms with E-state index in [0.29, 0.717) is 25.0 Å². The third-order valence-electron chi connectivity index (χ3n) is 3.32. The van der Waals surface area contributed by atoms with Crippen molar-refractivity contribution in [3.05, 3.63) is 0 Å². The van der Waals surface area contributed by atoms with Crippen molar-refractivity contribution in [3.63, 3.8) is 0 Å². The van der Waals surface area contributed by atoms with Gasteiger partial charge in [0.05, 0.1) is 18.8 Å². The topological polar surface area (TPSA) is 47.6 Å².